The number of carboxylic acids is 1. The molecule has 9 heteroatoms. The fourth-order valence-electron chi connectivity index (χ4n) is 1.28. The number of nitrogens with zero attached hydrogens (tertiary/aromatic N) is 1. The SMILES string of the molecule is NCc1cc(I)nc(OC(F)(F)F)c1CC(=O)O. The lowest BCUT2D eigenvalue weighted by molar-refractivity contribution is -0.276. The number of hydrogen-bond donors (Lipinski definition) is 2. The predicted octanol–water partition coefficient (Wildman–Crippen LogP) is 1.67. The van der Waals surface area contributed by atoms with E-state index in [4.69, 9.17) is 10.8 Å². The second-order valence-electron chi connectivity index (χ2n) is 3.21. The summed E-state index contributed by atoms with van der Waals surface area (Å²) in [5, 5.41) is 8.67. The van der Waals surface area contributed by atoms with Crippen molar-refractivity contribution in [2.75, 3.05) is 0 Å². The van der Waals surface area contributed by atoms with Crippen molar-refractivity contribution >= 4 is 28.6 Å². The number of carboxylic acid groups (broad SMARTS) is 1. The van der Waals surface area contributed by atoms with Crippen molar-refractivity contribution in [3.63, 3.8) is 0 Å². The summed E-state index contributed by atoms with van der Waals surface area (Å²) in [6, 6.07) is 1.42. The first kappa shape index (κ1) is 15.0. The van der Waals surface area contributed by atoms with Gasteiger partial charge >= 0.3 is 12.3 Å². The Kier molecular flexibility index (Phi) is 4.73. The van der Waals surface area contributed by atoms with Crippen LogP contribution in [0.5, 0.6) is 5.88 Å². The molecular weight excluding hydrogens is 368 g/mol. The molecule has 0 saturated heterocycles. The van der Waals surface area contributed by atoms with Crippen molar-refractivity contribution in [1.29, 1.82) is 0 Å². The number of aliphatic carboxylic acids is 1. The standard InChI is InChI=1S/C9H8F3IN2O3/c10-9(11,12)18-8-5(2-7(16)17)4(3-14)1-6(13)15-8/h1H,2-3,14H2,(H,16,17). The molecule has 0 aliphatic carbocycles. The minimum Gasteiger partial charge on any atom is -0.481 e. The van der Waals surface area contributed by atoms with Gasteiger partial charge in [0.2, 0.25) is 5.88 Å². The lowest BCUT2D eigenvalue weighted by atomic mass is 10.1. The molecule has 0 aromatic carbocycles. The minimum absolute atomic E-state index is 0.102. The molecule has 0 fully saturated rings. The van der Waals surface area contributed by atoms with Gasteiger partial charge in [-0.2, -0.15) is 0 Å². The number of aromatic nitrogens is 1. The summed E-state index contributed by atoms with van der Waals surface area (Å²) in [7, 11) is 0. The van der Waals surface area contributed by atoms with Gasteiger partial charge < -0.3 is 15.6 Å². The Labute approximate surface area is 113 Å². The molecule has 0 saturated carbocycles. The van der Waals surface area contributed by atoms with Crippen LogP contribution in [0.2, 0.25) is 0 Å². The van der Waals surface area contributed by atoms with Crippen LogP contribution in [-0.4, -0.2) is 22.4 Å². The summed E-state index contributed by atoms with van der Waals surface area (Å²) in [6.45, 7) is -0.102. The van der Waals surface area contributed by atoms with Crippen molar-refractivity contribution in [1.82, 2.24) is 4.98 Å². The van der Waals surface area contributed by atoms with Crippen LogP contribution in [0, 0.1) is 3.70 Å². The lowest BCUT2D eigenvalue weighted by Gasteiger charge is -2.14. The first-order valence-corrected chi connectivity index (χ1v) is 5.66. The Morgan fingerprint density at radius 3 is 2.61 bits per heavy atom. The van der Waals surface area contributed by atoms with E-state index in [-0.39, 0.29) is 21.4 Å². The number of alkyl halides is 3. The van der Waals surface area contributed by atoms with E-state index in [0.717, 1.165) is 0 Å². The molecule has 100 valence electrons. The van der Waals surface area contributed by atoms with Crippen molar-refractivity contribution < 1.29 is 27.8 Å². The van der Waals surface area contributed by atoms with Crippen molar-refractivity contribution in [3.8, 4) is 5.88 Å². The van der Waals surface area contributed by atoms with E-state index in [1.165, 1.54) is 6.07 Å². The number of pyridine rings is 1. The summed E-state index contributed by atoms with van der Waals surface area (Å²) >= 11 is 1.69. The van der Waals surface area contributed by atoms with Gasteiger partial charge in [0.1, 0.15) is 3.70 Å². The lowest BCUT2D eigenvalue weighted by Crippen LogP contribution is -2.21. The molecule has 0 unspecified atom stereocenters. The van der Waals surface area contributed by atoms with Gasteiger partial charge in [-0.25, -0.2) is 4.98 Å². The molecule has 1 rings (SSSR count). The molecule has 0 aliphatic heterocycles. The van der Waals surface area contributed by atoms with Gasteiger partial charge in [-0.05, 0) is 34.2 Å². The summed E-state index contributed by atoms with van der Waals surface area (Å²) in [6.07, 6.45) is -5.57. The summed E-state index contributed by atoms with van der Waals surface area (Å²) in [5.74, 6) is -2.06. The van der Waals surface area contributed by atoms with E-state index in [1.807, 2.05) is 0 Å². The maximum absolute atomic E-state index is 12.2. The highest BCUT2D eigenvalue weighted by atomic mass is 127. The smallest absolute Gasteiger partial charge is 0.481 e. The third-order valence-corrected chi connectivity index (χ3v) is 2.46. The number of hydrogen-bond acceptors (Lipinski definition) is 4. The summed E-state index contributed by atoms with van der Waals surface area (Å²) < 4.78 is 40.5. The van der Waals surface area contributed by atoms with Crippen LogP contribution >= 0.6 is 22.6 Å². The second-order valence-corrected chi connectivity index (χ2v) is 4.32. The highest BCUT2D eigenvalue weighted by Gasteiger charge is 2.33. The van der Waals surface area contributed by atoms with Gasteiger partial charge in [0.05, 0.1) is 6.42 Å². The van der Waals surface area contributed by atoms with E-state index in [9.17, 15) is 18.0 Å². The Morgan fingerprint density at radius 1 is 1.56 bits per heavy atom. The van der Waals surface area contributed by atoms with Gasteiger partial charge in [0, 0.05) is 12.1 Å². The maximum Gasteiger partial charge on any atom is 0.574 e. The van der Waals surface area contributed by atoms with Crippen LogP contribution in [0.25, 0.3) is 0 Å². The average Bonchev–Trinajstić information content (AvgIpc) is 2.18. The van der Waals surface area contributed by atoms with E-state index < -0.39 is 24.6 Å². The zero-order valence-corrected chi connectivity index (χ0v) is 10.9. The Bertz CT molecular complexity index is 465. The molecule has 1 heterocycles. The number of rotatable bonds is 4. The minimum atomic E-state index is -4.93. The van der Waals surface area contributed by atoms with Gasteiger partial charge in [-0.15, -0.1) is 13.2 Å². The molecule has 0 bridgehead atoms. The molecule has 5 nitrogen and oxygen atoms in total. The number of nitrogens with two attached hydrogens (primary N) is 1. The number of halogens is 4. The molecular formula is C9H8F3IN2O3. The van der Waals surface area contributed by atoms with Crippen molar-refractivity contribution in [3.05, 3.63) is 20.9 Å². The van der Waals surface area contributed by atoms with Crippen LogP contribution in [-0.2, 0) is 17.8 Å². The predicted molar refractivity (Wildman–Crippen MR) is 62.9 cm³/mol. The van der Waals surface area contributed by atoms with Crippen LogP contribution in [0.1, 0.15) is 11.1 Å². The van der Waals surface area contributed by atoms with Gasteiger partial charge in [0.15, 0.2) is 0 Å². The Morgan fingerprint density at radius 2 is 2.17 bits per heavy atom. The molecule has 0 atom stereocenters. The van der Waals surface area contributed by atoms with E-state index >= 15 is 0 Å². The molecule has 0 radical (unpaired) electrons. The average molecular weight is 376 g/mol. The summed E-state index contributed by atoms with van der Waals surface area (Å²) in [5.41, 5.74) is 5.46. The van der Waals surface area contributed by atoms with Crippen LogP contribution in [0.4, 0.5) is 13.2 Å². The van der Waals surface area contributed by atoms with Crippen molar-refractivity contribution in [2.45, 2.75) is 19.3 Å². The zero-order valence-electron chi connectivity index (χ0n) is 8.79. The highest BCUT2D eigenvalue weighted by Crippen LogP contribution is 2.28. The number of ether oxygens (including phenoxy) is 1. The van der Waals surface area contributed by atoms with E-state index in [2.05, 4.69) is 9.72 Å². The molecule has 3 N–H and O–H groups in total. The third kappa shape index (κ3) is 4.29. The fraction of sp³-hybridized carbons (Fsp3) is 0.333. The highest BCUT2D eigenvalue weighted by molar-refractivity contribution is 14.1. The van der Waals surface area contributed by atoms with Crippen molar-refractivity contribution in [2.24, 2.45) is 5.73 Å². The van der Waals surface area contributed by atoms with Crippen LogP contribution in [0.3, 0.4) is 0 Å². The van der Waals surface area contributed by atoms with E-state index in [1.54, 1.807) is 22.6 Å². The molecule has 0 spiro atoms. The summed E-state index contributed by atoms with van der Waals surface area (Å²) in [4.78, 5) is 14.2. The quantitative estimate of drug-likeness (QED) is 0.617. The Hall–Kier alpha value is -1.10. The molecule has 0 aliphatic rings. The molecule has 1 aromatic heterocycles. The van der Waals surface area contributed by atoms with Crippen LogP contribution < -0.4 is 10.5 Å². The first-order chi connectivity index (χ1) is 8.23. The molecule has 18 heavy (non-hydrogen) atoms. The fourth-order valence-corrected chi connectivity index (χ4v) is 1.88. The topological polar surface area (TPSA) is 85.4 Å². The second kappa shape index (κ2) is 5.69. The zero-order chi connectivity index (χ0) is 13.9. The number of carbonyl (C=O) groups is 1. The normalized spacial score (nSPS) is 11.4. The largest absolute Gasteiger partial charge is 0.574 e. The van der Waals surface area contributed by atoms with E-state index in [0.29, 0.717) is 0 Å². The maximum atomic E-state index is 12.2. The Balaban J connectivity index is 3.27. The van der Waals surface area contributed by atoms with Gasteiger partial charge in [0.25, 0.3) is 0 Å². The van der Waals surface area contributed by atoms with Gasteiger partial charge in [-0.1, -0.05) is 0 Å². The monoisotopic (exact) mass is 376 g/mol. The molecule has 1 aromatic rings. The van der Waals surface area contributed by atoms with Gasteiger partial charge in [-0.3, -0.25) is 4.79 Å². The van der Waals surface area contributed by atoms with Crippen LogP contribution in [0.15, 0.2) is 6.07 Å². The third-order valence-electron chi connectivity index (χ3n) is 1.91. The first-order valence-electron chi connectivity index (χ1n) is 4.59. The molecule has 0 amide bonds.